The van der Waals surface area contributed by atoms with Crippen LogP contribution in [0.3, 0.4) is 0 Å². The maximum atomic E-state index is 12.9. The van der Waals surface area contributed by atoms with Gasteiger partial charge in [-0.3, -0.25) is 0 Å². The molecule has 0 aliphatic rings. The Labute approximate surface area is 138 Å². The minimum absolute atomic E-state index is 0.0732. The van der Waals surface area contributed by atoms with E-state index in [0.29, 0.717) is 24.1 Å². The van der Waals surface area contributed by atoms with Crippen molar-refractivity contribution in [1.29, 1.82) is 0 Å². The number of halogens is 3. The summed E-state index contributed by atoms with van der Waals surface area (Å²) in [5.41, 5.74) is -0.895. The SMILES string of the molecule is CC(C)Cc1nc(NC(C)C)nc(-c2cccc(C(F)(F)F)n2)n1. The lowest BCUT2D eigenvalue weighted by Gasteiger charge is -2.12. The normalized spacial score (nSPS) is 12.0. The summed E-state index contributed by atoms with van der Waals surface area (Å²) in [6.07, 6.45) is -3.91. The zero-order valence-electron chi connectivity index (χ0n) is 14.0. The van der Waals surface area contributed by atoms with E-state index in [-0.39, 0.29) is 17.6 Å². The van der Waals surface area contributed by atoms with E-state index < -0.39 is 11.9 Å². The third-order valence-electron chi connectivity index (χ3n) is 2.96. The van der Waals surface area contributed by atoms with Crippen molar-refractivity contribution in [2.75, 3.05) is 5.32 Å². The van der Waals surface area contributed by atoms with Crippen molar-refractivity contribution >= 4 is 5.95 Å². The lowest BCUT2D eigenvalue weighted by molar-refractivity contribution is -0.141. The number of pyridine rings is 1. The fourth-order valence-corrected chi connectivity index (χ4v) is 2.03. The van der Waals surface area contributed by atoms with E-state index in [0.717, 1.165) is 6.07 Å². The van der Waals surface area contributed by atoms with Gasteiger partial charge >= 0.3 is 6.18 Å². The van der Waals surface area contributed by atoms with E-state index in [1.807, 2.05) is 27.7 Å². The van der Waals surface area contributed by atoms with Crippen LogP contribution in [0.5, 0.6) is 0 Å². The number of hydrogen-bond acceptors (Lipinski definition) is 5. The first-order chi connectivity index (χ1) is 11.1. The van der Waals surface area contributed by atoms with Gasteiger partial charge in [-0.15, -0.1) is 0 Å². The van der Waals surface area contributed by atoms with Gasteiger partial charge in [0.05, 0.1) is 0 Å². The molecule has 0 unspecified atom stereocenters. The Morgan fingerprint density at radius 1 is 1.00 bits per heavy atom. The number of nitrogens with one attached hydrogen (secondary N) is 1. The molecular weight excluding hydrogens is 319 g/mol. The predicted octanol–water partition coefficient (Wildman–Crippen LogP) is 3.97. The predicted molar refractivity (Wildman–Crippen MR) is 85.4 cm³/mol. The van der Waals surface area contributed by atoms with Gasteiger partial charge in [0, 0.05) is 12.5 Å². The van der Waals surface area contributed by atoms with Crippen molar-refractivity contribution in [3.05, 3.63) is 29.7 Å². The Bertz CT molecular complexity index is 670. The van der Waals surface area contributed by atoms with Crippen LogP contribution in [-0.2, 0) is 12.6 Å². The van der Waals surface area contributed by atoms with E-state index in [1.54, 1.807) is 0 Å². The van der Waals surface area contributed by atoms with Gasteiger partial charge in [0.25, 0.3) is 0 Å². The summed E-state index contributed by atoms with van der Waals surface area (Å²) >= 11 is 0. The fraction of sp³-hybridized carbons (Fsp3) is 0.500. The van der Waals surface area contributed by atoms with E-state index in [4.69, 9.17) is 0 Å². The maximum Gasteiger partial charge on any atom is 0.433 e. The molecule has 0 atom stereocenters. The zero-order valence-corrected chi connectivity index (χ0v) is 14.0. The number of rotatable bonds is 5. The topological polar surface area (TPSA) is 63.6 Å². The molecule has 5 nitrogen and oxygen atoms in total. The van der Waals surface area contributed by atoms with Crippen LogP contribution in [0.4, 0.5) is 19.1 Å². The van der Waals surface area contributed by atoms with Crippen molar-refractivity contribution in [3.63, 3.8) is 0 Å². The van der Waals surface area contributed by atoms with Crippen molar-refractivity contribution in [2.24, 2.45) is 5.92 Å². The third-order valence-corrected chi connectivity index (χ3v) is 2.96. The summed E-state index contributed by atoms with van der Waals surface area (Å²) in [7, 11) is 0. The van der Waals surface area contributed by atoms with E-state index in [2.05, 4.69) is 25.3 Å². The summed E-state index contributed by atoms with van der Waals surface area (Å²) in [5, 5.41) is 3.06. The Morgan fingerprint density at radius 2 is 1.71 bits per heavy atom. The monoisotopic (exact) mass is 339 g/mol. The van der Waals surface area contributed by atoms with Crippen LogP contribution in [0.15, 0.2) is 18.2 Å². The van der Waals surface area contributed by atoms with Gasteiger partial charge in [0.1, 0.15) is 17.2 Å². The molecule has 2 aromatic heterocycles. The van der Waals surface area contributed by atoms with Crippen LogP contribution < -0.4 is 5.32 Å². The molecule has 0 spiro atoms. The summed E-state index contributed by atoms with van der Waals surface area (Å²) in [5.74, 6) is 1.30. The van der Waals surface area contributed by atoms with Crippen LogP contribution in [0.1, 0.15) is 39.2 Å². The summed E-state index contributed by atoms with van der Waals surface area (Å²) in [6, 6.07) is 3.77. The van der Waals surface area contributed by atoms with Gasteiger partial charge in [-0.2, -0.15) is 23.1 Å². The molecular formula is C16H20F3N5. The molecule has 2 heterocycles. The van der Waals surface area contributed by atoms with E-state index in [1.165, 1.54) is 12.1 Å². The first-order valence-corrected chi connectivity index (χ1v) is 7.71. The molecule has 1 N–H and O–H groups in total. The van der Waals surface area contributed by atoms with E-state index in [9.17, 15) is 13.2 Å². The number of alkyl halides is 3. The minimum atomic E-state index is -4.51. The molecule has 0 amide bonds. The summed E-state index contributed by atoms with van der Waals surface area (Å²) < 4.78 is 38.6. The number of aromatic nitrogens is 4. The van der Waals surface area contributed by atoms with E-state index >= 15 is 0 Å². The highest BCUT2D eigenvalue weighted by Crippen LogP contribution is 2.29. The van der Waals surface area contributed by atoms with Crippen LogP contribution in [-0.4, -0.2) is 26.0 Å². The second-order valence-electron chi connectivity index (χ2n) is 6.20. The molecule has 0 aromatic carbocycles. The lowest BCUT2D eigenvalue weighted by Crippen LogP contribution is -2.16. The molecule has 0 bridgehead atoms. The van der Waals surface area contributed by atoms with Crippen molar-refractivity contribution in [2.45, 2.75) is 46.3 Å². The van der Waals surface area contributed by atoms with Crippen molar-refractivity contribution in [1.82, 2.24) is 19.9 Å². The Balaban J connectivity index is 2.48. The average molecular weight is 339 g/mol. The molecule has 2 aromatic rings. The van der Waals surface area contributed by atoms with Crippen molar-refractivity contribution < 1.29 is 13.2 Å². The number of anilines is 1. The van der Waals surface area contributed by atoms with Gasteiger partial charge in [-0.1, -0.05) is 19.9 Å². The third kappa shape index (κ3) is 4.87. The molecule has 0 fully saturated rings. The van der Waals surface area contributed by atoms with Crippen LogP contribution in [0.25, 0.3) is 11.5 Å². The first kappa shape index (κ1) is 18.1. The molecule has 2 rings (SSSR count). The van der Waals surface area contributed by atoms with Crippen molar-refractivity contribution in [3.8, 4) is 11.5 Å². The molecule has 0 saturated carbocycles. The average Bonchev–Trinajstić information content (AvgIpc) is 2.44. The largest absolute Gasteiger partial charge is 0.433 e. The van der Waals surface area contributed by atoms with Gasteiger partial charge in [-0.25, -0.2) is 9.97 Å². The summed E-state index contributed by atoms with van der Waals surface area (Å²) in [6.45, 7) is 7.88. The highest BCUT2D eigenvalue weighted by molar-refractivity contribution is 5.51. The molecule has 0 radical (unpaired) electrons. The Hall–Kier alpha value is -2.25. The lowest BCUT2D eigenvalue weighted by atomic mass is 10.1. The molecule has 8 heteroatoms. The second kappa shape index (κ2) is 7.11. The highest BCUT2D eigenvalue weighted by Gasteiger charge is 2.32. The maximum absolute atomic E-state index is 12.9. The molecule has 24 heavy (non-hydrogen) atoms. The van der Waals surface area contributed by atoms with Crippen LogP contribution >= 0.6 is 0 Å². The van der Waals surface area contributed by atoms with Gasteiger partial charge in [0.15, 0.2) is 5.82 Å². The Morgan fingerprint density at radius 3 is 2.29 bits per heavy atom. The molecule has 0 aliphatic carbocycles. The van der Waals surface area contributed by atoms with Crippen LogP contribution in [0.2, 0.25) is 0 Å². The number of nitrogens with zero attached hydrogens (tertiary/aromatic N) is 4. The molecule has 0 saturated heterocycles. The van der Waals surface area contributed by atoms with Gasteiger partial charge in [-0.05, 0) is 31.9 Å². The smallest absolute Gasteiger partial charge is 0.352 e. The van der Waals surface area contributed by atoms with Gasteiger partial charge < -0.3 is 5.32 Å². The second-order valence-corrected chi connectivity index (χ2v) is 6.20. The Kier molecular flexibility index (Phi) is 5.36. The fourth-order valence-electron chi connectivity index (χ4n) is 2.03. The molecule has 0 aliphatic heterocycles. The van der Waals surface area contributed by atoms with Crippen LogP contribution in [0, 0.1) is 5.92 Å². The quantitative estimate of drug-likeness (QED) is 0.893. The minimum Gasteiger partial charge on any atom is -0.352 e. The number of hydrogen-bond donors (Lipinski definition) is 1. The van der Waals surface area contributed by atoms with Gasteiger partial charge in [0.2, 0.25) is 5.95 Å². The summed E-state index contributed by atoms with van der Waals surface area (Å²) in [4.78, 5) is 16.5. The highest BCUT2D eigenvalue weighted by atomic mass is 19.4. The zero-order chi connectivity index (χ0) is 17.9. The molecule has 130 valence electrons. The standard InChI is InChI=1S/C16H20F3N5/c1-9(2)8-13-22-14(24-15(23-13)20-10(3)4)11-6-5-7-12(21-11)16(17,18)19/h5-7,9-10H,8H2,1-4H3,(H,20,22,23,24). The first-order valence-electron chi connectivity index (χ1n) is 7.71.